The average Bonchev–Trinajstić information content (AvgIpc) is 2.77. The van der Waals surface area contributed by atoms with Gasteiger partial charge in [-0.3, -0.25) is 15.1 Å². The molecule has 1 aromatic carbocycles. The zero-order valence-corrected chi connectivity index (χ0v) is 8.80. The van der Waals surface area contributed by atoms with Gasteiger partial charge in [-0.25, -0.2) is 0 Å². The summed E-state index contributed by atoms with van der Waals surface area (Å²) < 4.78 is 0. The summed E-state index contributed by atoms with van der Waals surface area (Å²) in [7, 11) is 1.71. The second kappa shape index (κ2) is 4.14. The van der Waals surface area contributed by atoms with Crippen molar-refractivity contribution in [3.8, 4) is 0 Å². The van der Waals surface area contributed by atoms with Crippen LogP contribution in [0.1, 0.15) is 12.0 Å². The van der Waals surface area contributed by atoms with E-state index in [0.717, 1.165) is 17.0 Å². The maximum absolute atomic E-state index is 10.6. The Labute approximate surface area is 92.7 Å². The molecule has 1 aromatic rings. The highest BCUT2D eigenvalue weighted by atomic mass is 16.6. The highest BCUT2D eigenvalue weighted by Crippen LogP contribution is 2.24. The number of nitrogens with zero attached hydrogens (tertiary/aromatic N) is 2. The van der Waals surface area contributed by atoms with Crippen LogP contribution in [0.2, 0.25) is 0 Å². The number of hydrogen-bond donors (Lipinski definition) is 1. The Hall–Kier alpha value is -2.17. The SMILES string of the molecule is CN=C1CC(c2cccc([N+](=O)[O-])c2)=CN1. The summed E-state index contributed by atoms with van der Waals surface area (Å²) >= 11 is 0. The first-order valence-electron chi connectivity index (χ1n) is 4.87. The van der Waals surface area contributed by atoms with Crippen LogP contribution in [-0.4, -0.2) is 17.8 Å². The van der Waals surface area contributed by atoms with Crippen molar-refractivity contribution in [2.45, 2.75) is 6.42 Å². The topological polar surface area (TPSA) is 67.5 Å². The lowest BCUT2D eigenvalue weighted by Crippen LogP contribution is -2.09. The zero-order valence-electron chi connectivity index (χ0n) is 8.80. The summed E-state index contributed by atoms with van der Waals surface area (Å²) in [6.45, 7) is 0. The lowest BCUT2D eigenvalue weighted by molar-refractivity contribution is -0.384. The number of aliphatic imine (C=N–C) groups is 1. The number of nitro benzene ring substituents is 1. The van der Waals surface area contributed by atoms with Gasteiger partial charge in [-0.1, -0.05) is 12.1 Å². The number of hydrogen-bond acceptors (Lipinski definition) is 3. The molecule has 16 heavy (non-hydrogen) atoms. The number of nitro groups is 1. The third kappa shape index (κ3) is 1.93. The monoisotopic (exact) mass is 217 g/mol. The largest absolute Gasteiger partial charge is 0.350 e. The van der Waals surface area contributed by atoms with Gasteiger partial charge in [0.05, 0.1) is 4.92 Å². The van der Waals surface area contributed by atoms with Crippen LogP contribution in [-0.2, 0) is 0 Å². The first-order chi connectivity index (χ1) is 7.70. The average molecular weight is 217 g/mol. The Balaban J connectivity index is 2.29. The summed E-state index contributed by atoms with van der Waals surface area (Å²) in [4.78, 5) is 14.3. The van der Waals surface area contributed by atoms with Gasteiger partial charge in [0.1, 0.15) is 5.84 Å². The highest BCUT2D eigenvalue weighted by Gasteiger charge is 2.14. The van der Waals surface area contributed by atoms with Gasteiger partial charge in [-0.2, -0.15) is 0 Å². The van der Waals surface area contributed by atoms with Crippen LogP contribution >= 0.6 is 0 Å². The number of amidine groups is 1. The van der Waals surface area contributed by atoms with E-state index in [1.807, 2.05) is 12.3 Å². The minimum Gasteiger partial charge on any atom is -0.350 e. The van der Waals surface area contributed by atoms with Gasteiger partial charge in [0, 0.05) is 31.8 Å². The molecule has 0 aromatic heterocycles. The number of rotatable bonds is 2. The highest BCUT2D eigenvalue weighted by molar-refractivity contribution is 5.98. The van der Waals surface area contributed by atoms with Gasteiger partial charge in [0.15, 0.2) is 0 Å². The molecular weight excluding hydrogens is 206 g/mol. The molecule has 1 heterocycles. The van der Waals surface area contributed by atoms with Gasteiger partial charge in [0.25, 0.3) is 5.69 Å². The number of nitrogens with one attached hydrogen (secondary N) is 1. The molecule has 1 aliphatic rings. The Morgan fingerprint density at radius 2 is 2.31 bits per heavy atom. The molecule has 0 aliphatic carbocycles. The van der Waals surface area contributed by atoms with Crippen molar-refractivity contribution < 1.29 is 4.92 Å². The van der Waals surface area contributed by atoms with E-state index in [1.54, 1.807) is 19.2 Å². The number of benzene rings is 1. The predicted molar refractivity (Wildman–Crippen MR) is 62.2 cm³/mol. The standard InChI is InChI=1S/C11H11N3O2/c1-12-11-6-9(7-13-11)8-3-2-4-10(5-8)14(15)16/h2-5,7H,6H2,1H3,(H,12,13). The van der Waals surface area contributed by atoms with Crippen molar-refractivity contribution in [2.24, 2.45) is 4.99 Å². The Bertz CT molecular complexity index is 492. The van der Waals surface area contributed by atoms with Crippen molar-refractivity contribution in [3.05, 3.63) is 46.1 Å². The molecule has 0 bridgehead atoms. The quantitative estimate of drug-likeness (QED) is 0.608. The van der Waals surface area contributed by atoms with E-state index in [-0.39, 0.29) is 10.6 Å². The van der Waals surface area contributed by atoms with Gasteiger partial charge in [-0.05, 0) is 11.1 Å². The third-order valence-corrected chi connectivity index (χ3v) is 2.47. The molecule has 0 amide bonds. The van der Waals surface area contributed by atoms with Crippen LogP contribution in [0.5, 0.6) is 0 Å². The van der Waals surface area contributed by atoms with Crippen LogP contribution in [0.15, 0.2) is 35.5 Å². The zero-order chi connectivity index (χ0) is 11.5. The molecule has 0 saturated heterocycles. The van der Waals surface area contributed by atoms with Gasteiger partial charge < -0.3 is 5.32 Å². The molecule has 0 radical (unpaired) electrons. The van der Waals surface area contributed by atoms with Crippen molar-refractivity contribution in [1.29, 1.82) is 0 Å². The first kappa shape index (κ1) is 10.4. The summed E-state index contributed by atoms with van der Waals surface area (Å²) in [6, 6.07) is 6.61. The molecule has 5 nitrogen and oxygen atoms in total. The van der Waals surface area contributed by atoms with E-state index in [1.165, 1.54) is 6.07 Å². The van der Waals surface area contributed by atoms with E-state index in [4.69, 9.17) is 0 Å². The van der Waals surface area contributed by atoms with E-state index in [0.29, 0.717) is 6.42 Å². The summed E-state index contributed by atoms with van der Waals surface area (Å²) in [5.74, 6) is 0.876. The van der Waals surface area contributed by atoms with Crippen molar-refractivity contribution in [3.63, 3.8) is 0 Å². The summed E-state index contributed by atoms with van der Waals surface area (Å²) in [5.41, 5.74) is 1.99. The lowest BCUT2D eigenvalue weighted by Gasteiger charge is -2.00. The molecule has 5 heteroatoms. The molecule has 82 valence electrons. The van der Waals surface area contributed by atoms with Gasteiger partial charge in [-0.15, -0.1) is 0 Å². The number of non-ortho nitro benzene ring substituents is 1. The van der Waals surface area contributed by atoms with E-state index in [2.05, 4.69) is 10.3 Å². The Morgan fingerprint density at radius 1 is 1.50 bits per heavy atom. The van der Waals surface area contributed by atoms with Crippen LogP contribution in [0.3, 0.4) is 0 Å². The first-order valence-corrected chi connectivity index (χ1v) is 4.87. The molecule has 0 atom stereocenters. The molecule has 0 fully saturated rings. The second-order valence-electron chi connectivity index (χ2n) is 3.47. The molecule has 1 aliphatic heterocycles. The lowest BCUT2D eigenvalue weighted by atomic mass is 10.0. The summed E-state index contributed by atoms with van der Waals surface area (Å²) in [5, 5.41) is 13.7. The predicted octanol–water partition coefficient (Wildman–Crippen LogP) is 1.96. The molecule has 1 N–H and O–H groups in total. The normalized spacial score (nSPS) is 17.1. The van der Waals surface area contributed by atoms with Gasteiger partial charge >= 0.3 is 0 Å². The maximum atomic E-state index is 10.6. The van der Waals surface area contributed by atoms with Crippen molar-refractivity contribution in [2.75, 3.05) is 7.05 Å². The Kier molecular flexibility index (Phi) is 2.68. The Morgan fingerprint density at radius 3 is 2.94 bits per heavy atom. The van der Waals surface area contributed by atoms with Gasteiger partial charge in [0.2, 0.25) is 0 Å². The fourth-order valence-corrected chi connectivity index (χ4v) is 1.60. The molecule has 2 rings (SSSR count). The summed E-state index contributed by atoms with van der Waals surface area (Å²) in [6.07, 6.45) is 2.53. The van der Waals surface area contributed by atoms with Crippen molar-refractivity contribution in [1.82, 2.24) is 5.32 Å². The minimum absolute atomic E-state index is 0.111. The van der Waals surface area contributed by atoms with Crippen molar-refractivity contribution >= 4 is 17.1 Å². The van der Waals surface area contributed by atoms with Crippen LogP contribution < -0.4 is 5.32 Å². The fourth-order valence-electron chi connectivity index (χ4n) is 1.60. The third-order valence-electron chi connectivity index (χ3n) is 2.47. The van der Waals surface area contributed by atoms with E-state index in [9.17, 15) is 10.1 Å². The molecular formula is C11H11N3O2. The van der Waals surface area contributed by atoms with Crippen LogP contribution in [0.4, 0.5) is 5.69 Å². The molecule has 0 saturated carbocycles. The maximum Gasteiger partial charge on any atom is 0.270 e. The van der Waals surface area contributed by atoms with E-state index >= 15 is 0 Å². The van der Waals surface area contributed by atoms with Crippen LogP contribution in [0.25, 0.3) is 5.57 Å². The molecule has 0 unspecified atom stereocenters. The van der Waals surface area contributed by atoms with Crippen LogP contribution in [0, 0.1) is 10.1 Å². The fraction of sp³-hybridized carbons (Fsp3) is 0.182. The molecule has 0 spiro atoms. The smallest absolute Gasteiger partial charge is 0.270 e. The minimum atomic E-state index is -0.388. The van der Waals surface area contributed by atoms with E-state index < -0.39 is 0 Å². The second-order valence-corrected chi connectivity index (χ2v) is 3.47.